The van der Waals surface area contributed by atoms with Gasteiger partial charge in [0, 0.05) is 20.6 Å². The first kappa shape index (κ1) is 15.7. The largest absolute Gasteiger partial charge is 0.325 e. The molecule has 1 N–H and O–H groups in total. The standard InChI is InChI=1S/C16H16IN3OS/c1-10-13-3-2-4-14(13)20-16(18-10)22-9-15(21)19-12-7-5-11(17)6-8-12/h5-8H,2-4,9H2,1H3,(H,19,21). The topological polar surface area (TPSA) is 54.9 Å². The van der Waals surface area contributed by atoms with Gasteiger partial charge < -0.3 is 5.32 Å². The predicted octanol–water partition coefficient (Wildman–Crippen LogP) is 3.61. The summed E-state index contributed by atoms with van der Waals surface area (Å²) >= 11 is 3.63. The second kappa shape index (κ2) is 6.95. The lowest BCUT2D eigenvalue weighted by molar-refractivity contribution is -0.113. The van der Waals surface area contributed by atoms with Crippen molar-refractivity contribution in [3.8, 4) is 0 Å². The van der Waals surface area contributed by atoms with Crippen LogP contribution in [0, 0.1) is 10.5 Å². The van der Waals surface area contributed by atoms with Gasteiger partial charge in [0.05, 0.1) is 5.75 Å². The molecule has 6 heteroatoms. The Morgan fingerprint density at radius 3 is 2.82 bits per heavy atom. The lowest BCUT2D eigenvalue weighted by atomic mass is 10.2. The Bertz CT molecular complexity index is 703. The number of anilines is 1. The van der Waals surface area contributed by atoms with Crippen molar-refractivity contribution in [1.29, 1.82) is 0 Å². The van der Waals surface area contributed by atoms with Crippen molar-refractivity contribution >= 4 is 45.9 Å². The first-order valence-corrected chi connectivity index (χ1v) is 9.23. The number of thioether (sulfide) groups is 1. The molecule has 1 amide bonds. The molecule has 3 rings (SSSR count). The van der Waals surface area contributed by atoms with Gasteiger partial charge in [0.15, 0.2) is 5.16 Å². The third-order valence-electron chi connectivity index (χ3n) is 3.58. The van der Waals surface area contributed by atoms with E-state index in [0.717, 1.165) is 39.9 Å². The molecule has 1 aromatic heterocycles. The second-order valence-electron chi connectivity index (χ2n) is 5.21. The molecular formula is C16H16IN3OS. The van der Waals surface area contributed by atoms with Gasteiger partial charge in [0.2, 0.25) is 5.91 Å². The molecule has 0 spiro atoms. The lowest BCUT2D eigenvalue weighted by Crippen LogP contribution is -2.14. The van der Waals surface area contributed by atoms with Gasteiger partial charge in [-0.15, -0.1) is 0 Å². The summed E-state index contributed by atoms with van der Waals surface area (Å²) in [7, 11) is 0. The van der Waals surface area contributed by atoms with Crippen molar-refractivity contribution in [2.45, 2.75) is 31.3 Å². The maximum Gasteiger partial charge on any atom is 0.234 e. The van der Waals surface area contributed by atoms with Crippen molar-refractivity contribution in [2.75, 3.05) is 11.1 Å². The van der Waals surface area contributed by atoms with E-state index < -0.39 is 0 Å². The van der Waals surface area contributed by atoms with Crippen LogP contribution in [-0.4, -0.2) is 21.6 Å². The highest BCUT2D eigenvalue weighted by Crippen LogP contribution is 2.25. The summed E-state index contributed by atoms with van der Waals surface area (Å²) in [5, 5.41) is 3.59. The van der Waals surface area contributed by atoms with E-state index in [2.05, 4.69) is 37.9 Å². The average Bonchev–Trinajstić information content (AvgIpc) is 2.97. The van der Waals surface area contributed by atoms with Crippen LogP contribution in [0.5, 0.6) is 0 Å². The lowest BCUT2D eigenvalue weighted by Gasteiger charge is -2.07. The zero-order valence-electron chi connectivity index (χ0n) is 12.2. The number of fused-ring (bicyclic) bond motifs is 1. The van der Waals surface area contributed by atoms with Gasteiger partial charge in [-0.3, -0.25) is 4.79 Å². The Labute approximate surface area is 147 Å². The third kappa shape index (κ3) is 3.78. The SMILES string of the molecule is Cc1nc(SCC(=O)Nc2ccc(I)cc2)nc2c1CCC2. The Balaban J connectivity index is 1.59. The van der Waals surface area contributed by atoms with Gasteiger partial charge in [-0.25, -0.2) is 9.97 Å². The van der Waals surface area contributed by atoms with Crippen LogP contribution in [0.2, 0.25) is 0 Å². The van der Waals surface area contributed by atoms with Crippen molar-refractivity contribution < 1.29 is 4.79 Å². The normalized spacial score (nSPS) is 13.0. The highest BCUT2D eigenvalue weighted by molar-refractivity contribution is 14.1. The second-order valence-corrected chi connectivity index (χ2v) is 7.40. The molecule has 0 unspecified atom stereocenters. The van der Waals surface area contributed by atoms with Crippen LogP contribution in [0.1, 0.15) is 23.4 Å². The Hall–Kier alpha value is -1.15. The number of rotatable bonds is 4. The summed E-state index contributed by atoms with van der Waals surface area (Å²) in [6.07, 6.45) is 3.27. The van der Waals surface area contributed by atoms with E-state index in [1.807, 2.05) is 31.2 Å². The smallest absolute Gasteiger partial charge is 0.234 e. The zero-order chi connectivity index (χ0) is 15.5. The Morgan fingerprint density at radius 1 is 1.27 bits per heavy atom. The van der Waals surface area contributed by atoms with Crippen LogP contribution in [0.15, 0.2) is 29.4 Å². The van der Waals surface area contributed by atoms with Gasteiger partial charge >= 0.3 is 0 Å². The fourth-order valence-electron chi connectivity index (χ4n) is 2.52. The average molecular weight is 425 g/mol. The minimum Gasteiger partial charge on any atom is -0.325 e. The van der Waals surface area contributed by atoms with Crippen molar-refractivity contribution in [3.63, 3.8) is 0 Å². The van der Waals surface area contributed by atoms with E-state index in [9.17, 15) is 4.79 Å². The van der Waals surface area contributed by atoms with Crippen molar-refractivity contribution in [2.24, 2.45) is 0 Å². The fourth-order valence-corrected chi connectivity index (χ4v) is 3.59. The monoisotopic (exact) mass is 425 g/mol. The first-order chi connectivity index (χ1) is 10.6. The third-order valence-corrected chi connectivity index (χ3v) is 5.15. The number of aromatic nitrogens is 2. The number of halogens is 1. The van der Waals surface area contributed by atoms with Gasteiger partial charge in [-0.2, -0.15) is 0 Å². The fraction of sp³-hybridized carbons (Fsp3) is 0.312. The molecule has 22 heavy (non-hydrogen) atoms. The molecule has 1 aliphatic rings. The maximum absolute atomic E-state index is 12.0. The highest BCUT2D eigenvalue weighted by atomic mass is 127. The predicted molar refractivity (Wildman–Crippen MR) is 97.3 cm³/mol. The molecule has 4 nitrogen and oxygen atoms in total. The van der Waals surface area contributed by atoms with Crippen LogP contribution in [-0.2, 0) is 17.6 Å². The number of hydrogen-bond acceptors (Lipinski definition) is 4. The Kier molecular flexibility index (Phi) is 4.97. The van der Waals surface area contributed by atoms with Crippen LogP contribution >= 0.6 is 34.4 Å². The molecule has 0 saturated heterocycles. The van der Waals surface area contributed by atoms with Gasteiger partial charge in [0.25, 0.3) is 0 Å². The summed E-state index contributed by atoms with van der Waals surface area (Å²) in [4.78, 5) is 21.1. The molecule has 2 aromatic rings. The quantitative estimate of drug-likeness (QED) is 0.462. The molecule has 0 fully saturated rings. The molecule has 114 valence electrons. The molecule has 1 aromatic carbocycles. The summed E-state index contributed by atoms with van der Waals surface area (Å²) in [5.74, 6) is 0.289. The highest BCUT2D eigenvalue weighted by Gasteiger charge is 2.17. The number of aryl methyl sites for hydroxylation is 2. The first-order valence-electron chi connectivity index (χ1n) is 7.16. The van der Waals surface area contributed by atoms with Gasteiger partial charge in [-0.1, -0.05) is 11.8 Å². The molecular weight excluding hydrogens is 409 g/mol. The molecule has 1 heterocycles. The summed E-state index contributed by atoms with van der Waals surface area (Å²) in [6, 6.07) is 7.74. The minimum absolute atomic E-state index is 0.0343. The van der Waals surface area contributed by atoms with E-state index in [4.69, 9.17) is 0 Å². The molecule has 0 atom stereocenters. The molecule has 1 aliphatic carbocycles. The summed E-state index contributed by atoms with van der Waals surface area (Å²) in [6.45, 7) is 2.03. The minimum atomic E-state index is -0.0343. The van der Waals surface area contributed by atoms with Gasteiger partial charge in [0.1, 0.15) is 0 Å². The van der Waals surface area contributed by atoms with Crippen LogP contribution in [0.4, 0.5) is 5.69 Å². The van der Waals surface area contributed by atoms with E-state index in [-0.39, 0.29) is 5.91 Å². The number of hydrogen-bond donors (Lipinski definition) is 1. The number of carbonyl (C=O) groups excluding carboxylic acids is 1. The van der Waals surface area contributed by atoms with Crippen LogP contribution in [0.25, 0.3) is 0 Å². The molecule has 0 bridgehead atoms. The van der Waals surface area contributed by atoms with E-state index in [1.165, 1.54) is 17.3 Å². The van der Waals surface area contributed by atoms with E-state index >= 15 is 0 Å². The number of carbonyl (C=O) groups is 1. The van der Waals surface area contributed by atoms with E-state index in [0.29, 0.717) is 10.9 Å². The van der Waals surface area contributed by atoms with Gasteiger partial charge in [-0.05, 0) is 78.6 Å². The number of nitrogens with one attached hydrogen (secondary N) is 1. The molecule has 0 radical (unpaired) electrons. The number of benzene rings is 1. The zero-order valence-corrected chi connectivity index (χ0v) is 15.2. The van der Waals surface area contributed by atoms with Crippen molar-refractivity contribution in [3.05, 3.63) is 44.8 Å². The molecule has 0 aliphatic heterocycles. The van der Waals surface area contributed by atoms with E-state index in [1.54, 1.807) is 0 Å². The molecule has 0 saturated carbocycles. The maximum atomic E-state index is 12.0. The van der Waals surface area contributed by atoms with Crippen LogP contribution < -0.4 is 5.32 Å². The van der Waals surface area contributed by atoms with Crippen LogP contribution in [0.3, 0.4) is 0 Å². The summed E-state index contributed by atoms with van der Waals surface area (Å²) < 4.78 is 1.15. The van der Waals surface area contributed by atoms with Crippen molar-refractivity contribution in [1.82, 2.24) is 9.97 Å². The summed E-state index contributed by atoms with van der Waals surface area (Å²) in [5.41, 5.74) is 4.33. The number of nitrogens with zero attached hydrogens (tertiary/aromatic N) is 2. The number of amides is 1. The Morgan fingerprint density at radius 2 is 2.05 bits per heavy atom.